The molecule has 1 heterocycles. The van der Waals surface area contributed by atoms with Crippen LogP contribution >= 0.6 is 11.6 Å². The molecule has 0 spiro atoms. The quantitative estimate of drug-likeness (QED) is 0.666. The summed E-state index contributed by atoms with van der Waals surface area (Å²) >= 11 is 5.59. The molecule has 2 rings (SSSR count). The second-order valence-electron chi connectivity index (χ2n) is 4.12. The van der Waals surface area contributed by atoms with Crippen molar-refractivity contribution < 1.29 is 27.1 Å². The van der Waals surface area contributed by atoms with Crippen molar-refractivity contribution >= 4 is 11.6 Å². The third-order valence-corrected chi connectivity index (χ3v) is 3.04. The Morgan fingerprint density at radius 1 is 1.05 bits per heavy atom. The molecular formula is C13H7ClF5NO. The smallest absolute Gasteiger partial charge is 0.383 e. The third kappa shape index (κ3) is 3.14. The van der Waals surface area contributed by atoms with E-state index < -0.39 is 40.3 Å². The number of alkyl halides is 3. The van der Waals surface area contributed by atoms with E-state index in [1.54, 1.807) is 0 Å². The first-order valence-electron chi connectivity index (χ1n) is 5.57. The maximum absolute atomic E-state index is 13.6. The lowest BCUT2D eigenvalue weighted by atomic mass is 10.0. The minimum atomic E-state index is -4.70. The van der Waals surface area contributed by atoms with Crippen LogP contribution in [0.4, 0.5) is 22.0 Å². The van der Waals surface area contributed by atoms with Gasteiger partial charge in [0.25, 0.3) is 0 Å². The topological polar surface area (TPSA) is 33.1 Å². The molecule has 0 aliphatic rings. The van der Waals surface area contributed by atoms with Gasteiger partial charge in [0.1, 0.15) is 17.0 Å². The van der Waals surface area contributed by atoms with Gasteiger partial charge in [-0.25, -0.2) is 13.8 Å². The summed E-state index contributed by atoms with van der Waals surface area (Å²) in [6.07, 6.45) is -6.43. The summed E-state index contributed by atoms with van der Waals surface area (Å²) in [6.45, 7) is 0. The van der Waals surface area contributed by atoms with Crippen LogP contribution < -0.4 is 0 Å². The zero-order valence-corrected chi connectivity index (χ0v) is 10.9. The molecule has 21 heavy (non-hydrogen) atoms. The fourth-order valence-corrected chi connectivity index (χ4v) is 1.96. The van der Waals surface area contributed by atoms with E-state index in [0.717, 1.165) is 24.3 Å². The average Bonchev–Trinajstić information content (AvgIpc) is 2.40. The molecule has 1 atom stereocenters. The molecule has 0 fully saturated rings. The van der Waals surface area contributed by atoms with Gasteiger partial charge in [-0.3, -0.25) is 0 Å². The Morgan fingerprint density at radius 2 is 1.71 bits per heavy atom. The first-order chi connectivity index (χ1) is 9.71. The minimum absolute atomic E-state index is 0.255. The van der Waals surface area contributed by atoms with Gasteiger partial charge in [0.05, 0.1) is 0 Å². The lowest BCUT2D eigenvalue weighted by Crippen LogP contribution is -2.11. The van der Waals surface area contributed by atoms with E-state index in [1.807, 2.05) is 0 Å². The van der Waals surface area contributed by atoms with Crippen molar-refractivity contribution in [3.63, 3.8) is 0 Å². The van der Waals surface area contributed by atoms with Gasteiger partial charge in [0, 0.05) is 11.1 Å². The highest BCUT2D eigenvalue weighted by Gasteiger charge is 2.33. The Balaban J connectivity index is 2.45. The fraction of sp³-hybridized carbons (Fsp3) is 0.154. The average molecular weight is 324 g/mol. The number of nitrogens with zero attached hydrogens (tertiary/aromatic N) is 1. The predicted molar refractivity (Wildman–Crippen MR) is 64.7 cm³/mol. The Hall–Kier alpha value is -1.73. The summed E-state index contributed by atoms with van der Waals surface area (Å²) in [5.41, 5.74) is -1.95. The van der Waals surface area contributed by atoms with Gasteiger partial charge in [-0.2, -0.15) is 13.2 Å². The first-order valence-corrected chi connectivity index (χ1v) is 5.95. The van der Waals surface area contributed by atoms with E-state index in [0.29, 0.717) is 6.07 Å². The zero-order chi connectivity index (χ0) is 15.8. The molecule has 1 N–H and O–H groups in total. The number of hydrogen-bond donors (Lipinski definition) is 1. The Kier molecular flexibility index (Phi) is 4.15. The number of hydrogen-bond acceptors (Lipinski definition) is 2. The van der Waals surface area contributed by atoms with E-state index >= 15 is 0 Å². The van der Waals surface area contributed by atoms with E-state index in [-0.39, 0.29) is 5.56 Å². The number of rotatable bonds is 2. The van der Waals surface area contributed by atoms with Gasteiger partial charge in [-0.15, -0.1) is 0 Å². The van der Waals surface area contributed by atoms with Gasteiger partial charge in [0.2, 0.25) is 0 Å². The van der Waals surface area contributed by atoms with E-state index in [1.165, 1.54) is 0 Å². The number of halogens is 6. The summed E-state index contributed by atoms with van der Waals surface area (Å²) in [7, 11) is 0. The molecule has 0 radical (unpaired) electrons. The van der Waals surface area contributed by atoms with Crippen molar-refractivity contribution in [3.8, 4) is 0 Å². The van der Waals surface area contributed by atoms with Crippen LogP contribution in [0.25, 0.3) is 0 Å². The van der Waals surface area contributed by atoms with Crippen molar-refractivity contribution in [1.82, 2.24) is 4.98 Å². The number of pyridine rings is 1. The largest absolute Gasteiger partial charge is 0.433 e. The normalized spacial score (nSPS) is 13.3. The van der Waals surface area contributed by atoms with Crippen molar-refractivity contribution in [2.45, 2.75) is 12.3 Å². The van der Waals surface area contributed by atoms with Crippen LogP contribution in [0, 0.1) is 11.6 Å². The molecule has 0 aliphatic carbocycles. The summed E-state index contributed by atoms with van der Waals surface area (Å²) in [6, 6.07) is 4.56. The highest BCUT2D eigenvalue weighted by atomic mass is 35.5. The van der Waals surface area contributed by atoms with Gasteiger partial charge in [-0.1, -0.05) is 29.8 Å². The molecule has 0 aliphatic heterocycles. The second kappa shape index (κ2) is 5.57. The third-order valence-electron chi connectivity index (χ3n) is 2.74. The molecule has 1 aromatic carbocycles. The molecule has 8 heteroatoms. The van der Waals surface area contributed by atoms with Gasteiger partial charge < -0.3 is 5.11 Å². The lowest BCUT2D eigenvalue weighted by molar-refractivity contribution is -0.141. The summed E-state index contributed by atoms with van der Waals surface area (Å²) in [5.74, 6) is -2.50. The number of aromatic nitrogens is 1. The van der Waals surface area contributed by atoms with Gasteiger partial charge in [-0.05, 0) is 12.1 Å². The highest BCUT2D eigenvalue weighted by Crippen LogP contribution is 2.33. The molecule has 0 amide bonds. The minimum Gasteiger partial charge on any atom is -0.383 e. The van der Waals surface area contributed by atoms with E-state index in [2.05, 4.69) is 4.98 Å². The summed E-state index contributed by atoms with van der Waals surface area (Å²) < 4.78 is 64.0. The molecule has 2 nitrogen and oxygen atoms in total. The number of aliphatic hydroxyl groups excluding tert-OH is 1. The second-order valence-corrected chi connectivity index (χ2v) is 4.48. The van der Waals surface area contributed by atoms with Crippen LogP contribution in [0.3, 0.4) is 0 Å². The summed E-state index contributed by atoms with van der Waals surface area (Å²) in [5, 5.41) is 9.32. The molecule has 0 saturated carbocycles. The summed E-state index contributed by atoms with van der Waals surface area (Å²) in [4.78, 5) is 3.11. The van der Waals surface area contributed by atoms with Crippen molar-refractivity contribution in [1.29, 1.82) is 0 Å². The molecule has 112 valence electrons. The molecule has 1 aromatic heterocycles. The van der Waals surface area contributed by atoms with Gasteiger partial charge >= 0.3 is 6.18 Å². The van der Waals surface area contributed by atoms with Crippen LogP contribution in [0.1, 0.15) is 22.9 Å². The van der Waals surface area contributed by atoms with E-state index in [9.17, 15) is 27.1 Å². The molecular weight excluding hydrogens is 317 g/mol. The maximum Gasteiger partial charge on any atom is 0.433 e. The standard InChI is InChI=1S/C13H7ClF5NO/c14-12-7(4-5-9(20-12)13(17,18)19)11(21)6-2-1-3-8(15)10(6)16/h1-5,11,21H. The molecule has 1 unspecified atom stereocenters. The van der Waals surface area contributed by atoms with Crippen molar-refractivity contribution in [2.24, 2.45) is 0 Å². The monoisotopic (exact) mass is 323 g/mol. The van der Waals surface area contributed by atoms with E-state index in [4.69, 9.17) is 11.6 Å². The lowest BCUT2D eigenvalue weighted by Gasteiger charge is -2.15. The first kappa shape index (κ1) is 15.7. The van der Waals surface area contributed by atoms with Crippen LogP contribution in [-0.2, 0) is 6.18 Å². The molecule has 2 aromatic rings. The van der Waals surface area contributed by atoms with Crippen LogP contribution in [0.5, 0.6) is 0 Å². The van der Waals surface area contributed by atoms with Crippen molar-refractivity contribution in [2.75, 3.05) is 0 Å². The Labute approximate surface area is 120 Å². The SMILES string of the molecule is OC(c1ccc(C(F)(F)F)nc1Cl)c1cccc(F)c1F. The number of aliphatic hydroxyl groups is 1. The Bertz CT molecular complexity index is 674. The van der Waals surface area contributed by atoms with Crippen LogP contribution in [0.15, 0.2) is 30.3 Å². The van der Waals surface area contributed by atoms with Crippen LogP contribution in [0.2, 0.25) is 5.15 Å². The fourth-order valence-electron chi connectivity index (χ4n) is 1.71. The van der Waals surface area contributed by atoms with Gasteiger partial charge in [0.15, 0.2) is 11.6 Å². The molecule has 0 bridgehead atoms. The number of benzene rings is 1. The predicted octanol–water partition coefficient (Wildman–Crippen LogP) is 4.11. The van der Waals surface area contributed by atoms with Crippen molar-refractivity contribution in [3.05, 3.63) is 63.9 Å². The zero-order valence-electron chi connectivity index (χ0n) is 10.1. The van der Waals surface area contributed by atoms with Crippen LogP contribution in [-0.4, -0.2) is 10.1 Å². The maximum atomic E-state index is 13.6. The highest BCUT2D eigenvalue weighted by molar-refractivity contribution is 6.30. The Morgan fingerprint density at radius 3 is 2.29 bits per heavy atom. The molecule has 0 saturated heterocycles.